The smallest absolute Gasteiger partial charge is 0.155 e. The summed E-state index contributed by atoms with van der Waals surface area (Å²) in [6.07, 6.45) is 4.83. The highest BCUT2D eigenvalue weighted by atomic mass is 15.3. The third kappa shape index (κ3) is 1.62. The van der Waals surface area contributed by atoms with E-state index < -0.39 is 0 Å². The van der Waals surface area contributed by atoms with Gasteiger partial charge in [0.05, 0.1) is 0 Å². The zero-order chi connectivity index (χ0) is 9.97. The van der Waals surface area contributed by atoms with E-state index in [1.54, 1.807) is 17.2 Å². The highest BCUT2D eigenvalue weighted by Gasteiger charge is 2.01. The van der Waals surface area contributed by atoms with E-state index in [0.29, 0.717) is 0 Å². The van der Waals surface area contributed by atoms with Crippen molar-refractivity contribution in [1.82, 2.24) is 19.7 Å². The molecule has 2 N–H and O–H groups in total. The molecule has 2 rings (SSSR count). The second-order valence-corrected chi connectivity index (χ2v) is 3.08. The van der Waals surface area contributed by atoms with Crippen LogP contribution in [0.25, 0.3) is 5.82 Å². The van der Waals surface area contributed by atoms with Gasteiger partial charge < -0.3 is 5.73 Å². The molecule has 5 heteroatoms. The molecular weight excluding hydrogens is 178 g/mol. The molecule has 0 radical (unpaired) electrons. The summed E-state index contributed by atoms with van der Waals surface area (Å²) in [5.41, 5.74) is 6.72. The Hall–Kier alpha value is -1.75. The molecule has 2 heterocycles. The summed E-state index contributed by atoms with van der Waals surface area (Å²) in [5.74, 6) is 0.743. The molecule has 0 aliphatic carbocycles. The van der Waals surface area contributed by atoms with Crippen molar-refractivity contribution in [1.29, 1.82) is 0 Å². The van der Waals surface area contributed by atoms with Gasteiger partial charge in [0.1, 0.15) is 12.7 Å². The predicted molar refractivity (Wildman–Crippen MR) is 51.8 cm³/mol. The summed E-state index contributed by atoms with van der Waals surface area (Å²) in [6.45, 7) is 1.92. The third-order valence-electron chi connectivity index (χ3n) is 1.95. The Bertz CT molecular complexity index is 390. The lowest BCUT2D eigenvalue weighted by Gasteiger charge is -2.05. The number of nitrogens with zero attached hydrogens (tertiary/aromatic N) is 4. The highest BCUT2D eigenvalue weighted by Crippen LogP contribution is 2.09. The van der Waals surface area contributed by atoms with Gasteiger partial charge in [-0.15, -0.1) is 0 Å². The maximum absolute atomic E-state index is 5.71. The van der Waals surface area contributed by atoms with E-state index in [2.05, 4.69) is 15.1 Å². The van der Waals surface area contributed by atoms with Gasteiger partial charge in [0.15, 0.2) is 5.82 Å². The number of pyridine rings is 1. The predicted octanol–water partition coefficient (Wildman–Crippen LogP) is 0.682. The Morgan fingerprint density at radius 1 is 1.43 bits per heavy atom. The fourth-order valence-corrected chi connectivity index (χ4v) is 1.13. The van der Waals surface area contributed by atoms with E-state index in [1.165, 1.54) is 6.33 Å². The van der Waals surface area contributed by atoms with E-state index in [0.717, 1.165) is 11.4 Å². The zero-order valence-electron chi connectivity index (χ0n) is 7.83. The Morgan fingerprint density at radius 3 is 2.79 bits per heavy atom. The van der Waals surface area contributed by atoms with Crippen molar-refractivity contribution in [2.45, 2.75) is 13.0 Å². The summed E-state index contributed by atoms with van der Waals surface area (Å²) in [6, 6.07) is 3.81. The topological polar surface area (TPSA) is 69.6 Å². The van der Waals surface area contributed by atoms with Gasteiger partial charge in [-0.3, -0.25) is 0 Å². The second kappa shape index (κ2) is 3.55. The molecule has 2 aromatic heterocycles. The first kappa shape index (κ1) is 8.83. The van der Waals surface area contributed by atoms with Crippen molar-refractivity contribution < 1.29 is 0 Å². The van der Waals surface area contributed by atoms with Gasteiger partial charge >= 0.3 is 0 Å². The molecule has 0 aliphatic rings. The van der Waals surface area contributed by atoms with Crippen LogP contribution in [0, 0.1) is 0 Å². The van der Waals surface area contributed by atoms with Crippen molar-refractivity contribution in [2.75, 3.05) is 0 Å². The fraction of sp³-hybridized carbons (Fsp3) is 0.222. The molecule has 2 aromatic rings. The largest absolute Gasteiger partial charge is 0.324 e. The van der Waals surface area contributed by atoms with Crippen molar-refractivity contribution in [3.63, 3.8) is 0 Å². The molecule has 0 fully saturated rings. The number of hydrogen-bond donors (Lipinski definition) is 1. The highest BCUT2D eigenvalue weighted by molar-refractivity contribution is 5.25. The van der Waals surface area contributed by atoms with Gasteiger partial charge in [0, 0.05) is 12.2 Å². The standard InChI is InChI=1S/C9H11N5/c1-7(10)8-2-3-9(12-4-8)14-6-11-5-13-14/h2-7H,10H2,1H3. The van der Waals surface area contributed by atoms with Crippen molar-refractivity contribution in [3.8, 4) is 5.82 Å². The van der Waals surface area contributed by atoms with Gasteiger partial charge in [-0.1, -0.05) is 6.07 Å². The van der Waals surface area contributed by atoms with Crippen molar-refractivity contribution in [3.05, 3.63) is 36.5 Å². The van der Waals surface area contributed by atoms with Gasteiger partial charge in [-0.2, -0.15) is 5.10 Å². The van der Waals surface area contributed by atoms with E-state index in [9.17, 15) is 0 Å². The first-order valence-corrected chi connectivity index (χ1v) is 4.34. The van der Waals surface area contributed by atoms with Crippen molar-refractivity contribution >= 4 is 0 Å². The normalized spacial score (nSPS) is 12.7. The number of rotatable bonds is 2. The minimum absolute atomic E-state index is 0.00676. The van der Waals surface area contributed by atoms with Crippen LogP contribution in [0.4, 0.5) is 0 Å². The monoisotopic (exact) mass is 189 g/mol. The average molecular weight is 189 g/mol. The maximum Gasteiger partial charge on any atom is 0.155 e. The van der Waals surface area contributed by atoms with Crippen LogP contribution in [0.15, 0.2) is 31.0 Å². The van der Waals surface area contributed by atoms with Gasteiger partial charge in [-0.05, 0) is 18.6 Å². The molecule has 14 heavy (non-hydrogen) atoms. The maximum atomic E-state index is 5.71. The Labute approximate surface area is 81.6 Å². The molecule has 0 aromatic carbocycles. The number of aromatic nitrogens is 4. The van der Waals surface area contributed by atoms with Crippen LogP contribution in [0.3, 0.4) is 0 Å². The Morgan fingerprint density at radius 2 is 2.29 bits per heavy atom. The molecule has 0 amide bonds. The number of nitrogens with two attached hydrogens (primary N) is 1. The summed E-state index contributed by atoms with van der Waals surface area (Å²) in [4.78, 5) is 8.07. The van der Waals surface area contributed by atoms with Crippen LogP contribution < -0.4 is 5.73 Å². The first-order chi connectivity index (χ1) is 6.77. The molecule has 72 valence electrons. The van der Waals surface area contributed by atoms with Gasteiger partial charge in [0.2, 0.25) is 0 Å². The minimum Gasteiger partial charge on any atom is -0.324 e. The molecule has 0 bridgehead atoms. The molecule has 1 atom stereocenters. The summed E-state index contributed by atoms with van der Waals surface area (Å²) in [5, 5.41) is 3.97. The second-order valence-electron chi connectivity index (χ2n) is 3.08. The van der Waals surface area contributed by atoms with E-state index in [1.807, 2.05) is 19.1 Å². The van der Waals surface area contributed by atoms with Crippen LogP contribution in [0.1, 0.15) is 18.5 Å². The first-order valence-electron chi connectivity index (χ1n) is 4.34. The Balaban J connectivity index is 2.31. The lowest BCUT2D eigenvalue weighted by Crippen LogP contribution is -2.06. The minimum atomic E-state index is 0.00676. The van der Waals surface area contributed by atoms with Crippen LogP contribution in [0.2, 0.25) is 0 Å². The van der Waals surface area contributed by atoms with Crippen LogP contribution >= 0.6 is 0 Å². The average Bonchev–Trinajstić information content (AvgIpc) is 2.71. The van der Waals surface area contributed by atoms with E-state index in [4.69, 9.17) is 5.73 Å². The molecule has 5 nitrogen and oxygen atoms in total. The van der Waals surface area contributed by atoms with Crippen molar-refractivity contribution in [2.24, 2.45) is 5.73 Å². The van der Waals surface area contributed by atoms with Crippen LogP contribution in [-0.4, -0.2) is 19.7 Å². The molecule has 1 unspecified atom stereocenters. The fourth-order valence-electron chi connectivity index (χ4n) is 1.13. The molecule has 0 aliphatic heterocycles. The van der Waals surface area contributed by atoms with E-state index in [-0.39, 0.29) is 6.04 Å². The molecule has 0 spiro atoms. The molecular formula is C9H11N5. The zero-order valence-corrected chi connectivity index (χ0v) is 7.83. The van der Waals surface area contributed by atoms with E-state index >= 15 is 0 Å². The van der Waals surface area contributed by atoms with Gasteiger partial charge in [0.25, 0.3) is 0 Å². The quantitative estimate of drug-likeness (QED) is 0.754. The third-order valence-corrected chi connectivity index (χ3v) is 1.95. The summed E-state index contributed by atoms with van der Waals surface area (Å²) in [7, 11) is 0. The Kier molecular flexibility index (Phi) is 2.24. The molecule has 0 saturated heterocycles. The lowest BCUT2D eigenvalue weighted by atomic mass is 10.2. The SMILES string of the molecule is CC(N)c1ccc(-n2cncn2)nc1. The molecule has 0 saturated carbocycles. The van der Waals surface area contributed by atoms with Crippen LogP contribution in [-0.2, 0) is 0 Å². The van der Waals surface area contributed by atoms with Gasteiger partial charge in [-0.25, -0.2) is 14.6 Å². The summed E-state index contributed by atoms with van der Waals surface area (Å²) >= 11 is 0. The lowest BCUT2D eigenvalue weighted by molar-refractivity contribution is 0.796. The summed E-state index contributed by atoms with van der Waals surface area (Å²) < 4.78 is 1.60. The van der Waals surface area contributed by atoms with Crippen LogP contribution in [0.5, 0.6) is 0 Å². The number of hydrogen-bond acceptors (Lipinski definition) is 4.